The summed E-state index contributed by atoms with van der Waals surface area (Å²) >= 11 is 0. The molecule has 2 saturated carbocycles. The van der Waals surface area contributed by atoms with Gasteiger partial charge in [0.15, 0.2) is 12.1 Å². The summed E-state index contributed by atoms with van der Waals surface area (Å²) < 4.78 is 35.8. The van der Waals surface area contributed by atoms with E-state index in [0.717, 1.165) is 25.7 Å². The van der Waals surface area contributed by atoms with Gasteiger partial charge in [0.2, 0.25) is 5.91 Å². The molecule has 2 heterocycles. The number of carbonyl (C=O) groups excluding carboxylic acids is 3. The van der Waals surface area contributed by atoms with Gasteiger partial charge in [0.05, 0.1) is 31.4 Å². The van der Waals surface area contributed by atoms with E-state index >= 15 is 0 Å². The number of rotatable bonds is 15. The minimum Gasteiger partial charge on any atom is -0.460 e. The number of hydrogen-bond donors (Lipinski definition) is 6. The second-order valence-corrected chi connectivity index (χ2v) is 15.8. The number of hydrogen-bond acceptors (Lipinski definition) is 14. The zero-order valence-corrected chi connectivity index (χ0v) is 30.9. The molecule has 54 heavy (non-hydrogen) atoms. The third kappa shape index (κ3) is 9.40. The van der Waals surface area contributed by atoms with E-state index in [4.69, 9.17) is 28.4 Å². The quantitative estimate of drug-likeness (QED) is 0.139. The predicted octanol–water partition coefficient (Wildman–Crippen LogP) is 1.27. The summed E-state index contributed by atoms with van der Waals surface area (Å²) in [4.78, 5) is 39.8. The maximum Gasteiger partial charge on any atom is 0.339 e. The van der Waals surface area contributed by atoms with E-state index in [1.54, 1.807) is 63.3 Å². The van der Waals surface area contributed by atoms with E-state index in [1.807, 2.05) is 0 Å². The Morgan fingerprint density at radius 3 is 2.35 bits per heavy atom. The van der Waals surface area contributed by atoms with Crippen LogP contribution in [0.1, 0.15) is 81.6 Å². The summed E-state index contributed by atoms with van der Waals surface area (Å²) in [6.45, 7) is 4.21. The van der Waals surface area contributed by atoms with E-state index in [-0.39, 0.29) is 43.3 Å². The first kappa shape index (κ1) is 40.4. The van der Waals surface area contributed by atoms with E-state index in [2.05, 4.69) is 5.32 Å². The lowest BCUT2D eigenvalue weighted by molar-refractivity contribution is -0.298. The number of fused-ring (bicyclic) bond motifs is 1. The monoisotopic (exact) mass is 759 g/mol. The Balaban J connectivity index is 1.14. The molecule has 0 radical (unpaired) electrons. The van der Waals surface area contributed by atoms with Crippen LogP contribution in [0, 0.1) is 11.8 Å². The standard InChI is InChI=1S/C39H53NO14/c1-38(2,3)53-30(43)15-14-25(19-41)40-35(47)22-17-27(34-28(18-22)52-39(54-34,23-10-11-23)24-12-13-24)50-36(48)26-9-5-4-7-21(26)8-6-16-49-37-33(46)32(45)31(44)29(20-42)51-37/h4-9,18,23-25,27-29,31-34,37,41-42,44-46H,10-17,19-20H2,1-3H3,(H,40,47)/t25-,27+,28+,29+,31-,32-,33+,34-,37-/m0/s1. The number of aliphatic hydroxyl groups is 5. The minimum atomic E-state index is -1.57. The number of nitrogens with one attached hydrogen (secondary N) is 1. The van der Waals surface area contributed by atoms with Crippen molar-refractivity contribution in [2.75, 3.05) is 19.8 Å². The molecule has 1 aromatic rings. The molecule has 5 aliphatic rings. The van der Waals surface area contributed by atoms with Gasteiger partial charge in [-0.05, 0) is 70.6 Å². The summed E-state index contributed by atoms with van der Waals surface area (Å²) in [5.74, 6) is -1.92. The Morgan fingerprint density at radius 1 is 1.00 bits per heavy atom. The first-order chi connectivity index (χ1) is 25.7. The van der Waals surface area contributed by atoms with E-state index < -0.39 is 97.5 Å². The van der Waals surface area contributed by atoms with Crippen LogP contribution in [0.4, 0.5) is 0 Å². The SMILES string of the molecule is CC(C)(C)OC(=O)CC[C@@H](CO)NC(=O)C1=C[C@H]2OC(C3CC3)(C3CC3)O[C@H]2[C@H](OC(=O)c2ccccc2C=CCO[C@H]2O[C@H](CO)[C@H](O)[C@H](O)[C@H]2O)C1. The maximum atomic E-state index is 13.9. The van der Waals surface area contributed by atoms with Gasteiger partial charge >= 0.3 is 11.9 Å². The van der Waals surface area contributed by atoms with Crippen LogP contribution in [0.2, 0.25) is 0 Å². The topological polar surface area (TPSA) is 220 Å². The first-order valence-corrected chi connectivity index (χ1v) is 18.8. The number of benzene rings is 1. The number of esters is 2. The first-order valence-electron chi connectivity index (χ1n) is 18.8. The van der Waals surface area contributed by atoms with Crippen LogP contribution in [0.3, 0.4) is 0 Å². The lowest BCUT2D eigenvalue weighted by atomic mass is 9.91. The fraction of sp³-hybridized carbons (Fsp3) is 0.667. The summed E-state index contributed by atoms with van der Waals surface area (Å²) in [5.41, 5.74) is 0.378. The van der Waals surface area contributed by atoms with Crippen LogP contribution < -0.4 is 5.32 Å². The van der Waals surface area contributed by atoms with Crippen LogP contribution in [0.15, 0.2) is 42.0 Å². The molecule has 0 spiro atoms. The van der Waals surface area contributed by atoms with Crippen LogP contribution in [-0.2, 0) is 38.0 Å². The molecular formula is C39H53NO14. The summed E-state index contributed by atoms with van der Waals surface area (Å²) in [6, 6.07) is 6.02. The molecule has 1 aromatic carbocycles. The van der Waals surface area contributed by atoms with Gasteiger partial charge in [-0.25, -0.2) is 4.79 Å². The minimum absolute atomic E-state index is 0.00272. The van der Waals surface area contributed by atoms with Gasteiger partial charge in [-0.3, -0.25) is 9.59 Å². The average molecular weight is 760 g/mol. The van der Waals surface area contributed by atoms with Crippen molar-refractivity contribution in [3.8, 4) is 0 Å². The van der Waals surface area contributed by atoms with Gasteiger partial charge in [0.25, 0.3) is 0 Å². The van der Waals surface area contributed by atoms with Crippen molar-refractivity contribution < 1.29 is 68.3 Å². The number of amides is 1. The molecule has 1 amide bonds. The second-order valence-electron chi connectivity index (χ2n) is 15.8. The lowest BCUT2D eigenvalue weighted by Gasteiger charge is -2.39. The van der Waals surface area contributed by atoms with Crippen LogP contribution in [-0.4, -0.2) is 130 Å². The average Bonchev–Trinajstić information content (AvgIpc) is 4.08. The highest BCUT2D eigenvalue weighted by Crippen LogP contribution is 2.59. The molecule has 3 aliphatic carbocycles. The smallest absolute Gasteiger partial charge is 0.339 e. The highest BCUT2D eigenvalue weighted by Gasteiger charge is 2.64. The maximum absolute atomic E-state index is 13.9. The van der Waals surface area contributed by atoms with Gasteiger partial charge in [-0.15, -0.1) is 0 Å². The van der Waals surface area contributed by atoms with Crippen LogP contribution in [0.25, 0.3) is 6.08 Å². The highest BCUT2D eigenvalue weighted by molar-refractivity contribution is 5.95. The molecule has 4 fully saturated rings. The largest absolute Gasteiger partial charge is 0.460 e. The summed E-state index contributed by atoms with van der Waals surface area (Å²) in [6.07, 6.45) is -0.254. The van der Waals surface area contributed by atoms with Crippen molar-refractivity contribution in [1.29, 1.82) is 0 Å². The Bertz CT molecular complexity index is 1550. The van der Waals surface area contributed by atoms with Crippen LogP contribution >= 0.6 is 0 Å². The van der Waals surface area contributed by atoms with Crippen molar-refractivity contribution >= 4 is 23.9 Å². The molecular weight excluding hydrogens is 706 g/mol. The Kier molecular flexibility index (Phi) is 12.6. The summed E-state index contributed by atoms with van der Waals surface area (Å²) in [7, 11) is 0. The molecule has 6 N–H and O–H groups in total. The third-order valence-corrected chi connectivity index (χ3v) is 10.3. The van der Waals surface area contributed by atoms with Gasteiger partial charge < -0.3 is 59.3 Å². The molecule has 2 aliphatic heterocycles. The number of aliphatic hydroxyl groups excluding tert-OH is 5. The lowest BCUT2D eigenvalue weighted by Crippen LogP contribution is -2.59. The van der Waals surface area contributed by atoms with Gasteiger partial charge in [-0.1, -0.05) is 30.4 Å². The van der Waals surface area contributed by atoms with Crippen LogP contribution in [0.5, 0.6) is 0 Å². The number of carbonyl (C=O) groups is 3. The molecule has 9 atom stereocenters. The van der Waals surface area contributed by atoms with Crippen molar-refractivity contribution in [3.63, 3.8) is 0 Å². The van der Waals surface area contributed by atoms with E-state index in [9.17, 15) is 39.9 Å². The Morgan fingerprint density at radius 2 is 1.70 bits per heavy atom. The van der Waals surface area contributed by atoms with E-state index in [1.165, 1.54) is 0 Å². The Hall–Kier alpha value is -3.25. The van der Waals surface area contributed by atoms with Gasteiger partial charge in [-0.2, -0.15) is 0 Å². The van der Waals surface area contributed by atoms with Crippen molar-refractivity contribution in [2.24, 2.45) is 11.8 Å². The third-order valence-electron chi connectivity index (χ3n) is 10.3. The molecule has 0 unspecified atom stereocenters. The molecule has 0 aromatic heterocycles. The zero-order valence-electron chi connectivity index (χ0n) is 30.9. The molecule has 15 nitrogen and oxygen atoms in total. The van der Waals surface area contributed by atoms with Crippen molar-refractivity contribution in [1.82, 2.24) is 5.32 Å². The second kappa shape index (κ2) is 16.9. The van der Waals surface area contributed by atoms with Gasteiger partial charge in [0, 0.05) is 30.3 Å². The van der Waals surface area contributed by atoms with Crippen molar-refractivity contribution in [3.05, 3.63) is 53.1 Å². The normalized spacial score (nSPS) is 31.4. The fourth-order valence-corrected chi connectivity index (χ4v) is 7.30. The predicted molar refractivity (Wildman–Crippen MR) is 189 cm³/mol. The molecule has 15 heteroatoms. The molecule has 298 valence electrons. The highest BCUT2D eigenvalue weighted by atomic mass is 16.8. The van der Waals surface area contributed by atoms with Crippen molar-refractivity contribution in [2.45, 2.75) is 132 Å². The van der Waals surface area contributed by atoms with Gasteiger partial charge in [0.1, 0.15) is 48.3 Å². The molecule has 6 rings (SSSR count). The molecule has 2 saturated heterocycles. The fourth-order valence-electron chi connectivity index (χ4n) is 7.30. The van der Waals surface area contributed by atoms with E-state index in [0.29, 0.717) is 11.1 Å². The summed E-state index contributed by atoms with van der Waals surface area (Å²) in [5, 5.41) is 52.6. The Labute approximate surface area is 314 Å². The molecule has 0 bridgehead atoms. The zero-order chi connectivity index (χ0) is 38.8. The number of ether oxygens (including phenoxy) is 6.